The summed E-state index contributed by atoms with van der Waals surface area (Å²) >= 11 is 0. The number of halogens is 1. The van der Waals surface area contributed by atoms with E-state index in [1.54, 1.807) is 7.11 Å². The number of aryl methyl sites for hydroxylation is 1. The van der Waals surface area contributed by atoms with Crippen LogP contribution in [0, 0.1) is 19.8 Å². The van der Waals surface area contributed by atoms with Crippen LogP contribution in [0.1, 0.15) is 31.5 Å². The summed E-state index contributed by atoms with van der Waals surface area (Å²) < 4.78 is 13.4. The minimum Gasteiger partial charge on any atom is -0.476 e. The molecule has 0 aromatic carbocycles. The molecular formula is C17H27ClN2O2. The Kier molecular flexibility index (Phi) is 7.17. The van der Waals surface area contributed by atoms with Crippen molar-refractivity contribution in [3.05, 3.63) is 23.5 Å². The molecule has 4 nitrogen and oxygen atoms in total. The second-order valence-corrected chi connectivity index (χ2v) is 5.90. The molecule has 0 saturated heterocycles. The second-order valence-electron chi connectivity index (χ2n) is 5.90. The zero-order valence-electron chi connectivity index (χ0n) is 14.2. The van der Waals surface area contributed by atoms with Crippen molar-refractivity contribution < 1.29 is 9.47 Å². The third-order valence-electron chi connectivity index (χ3n) is 3.97. The van der Waals surface area contributed by atoms with E-state index in [0.29, 0.717) is 19.1 Å². The van der Waals surface area contributed by atoms with E-state index >= 15 is 0 Å². The summed E-state index contributed by atoms with van der Waals surface area (Å²) in [6, 6.07) is 2.07. The molecule has 0 radical (unpaired) electrons. The van der Waals surface area contributed by atoms with Crippen LogP contribution in [-0.2, 0) is 11.3 Å². The summed E-state index contributed by atoms with van der Waals surface area (Å²) in [5, 5.41) is 1.22. The molecule has 0 aliphatic rings. The van der Waals surface area contributed by atoms with Gasteiger partial charge in [-0.3, -0.25) is 0 Å². The predicted molar refractivity (Wildman–Crippen MR) is 93.3 cm³/mol. The van der Waals surface area contributed by atoms with Crippen molar-refractivity contribution in [2.75, 3.05) is 20.3 Å². The smallest absolute Gasteiger partial charge is 0.238 e. The summed E-state index contributed by atoms with van der Waals surface area (Å²) in [6.45, 7) is 10.9. The lowest BCUT2D eigenvalue weighted by Gasteiger charge is -2.12. The van der Waals surface area contributed by atoms with Gasteiger partial charge in [-0.1, -0.05) is 13.8 Å². The van der Waals surface area contributed by atoms with Crippen LogP contribution < -0.4 is 4.74 Å². The Morgan fingerprint density at radius 2 is 1.95 bits per heavy atom. The quantitative estimate of drug-likeness (QED) is 0.767. The van der Waals surface area contributed by atoms with Gasteiger partial charge in [-0.25, -0.2) is 4.98 Å². The lowest BCUT2D eigenvalue weighted by Crippen LogP contribution is -2.08. The summed E-state index contributed by atoms with van der Waals surface area (Å²) in [4.78, 5) is 4.44. The van der Waals surface area contributed by atoms with Gasteiger partial charge < -0.3 is 14.0 Å². The van der Waals surface area contributed by atoms with Crippen LogP contribution in [0.2, 0.25) is 0 Å². The van der Waals surface area contributed by atoms with E-state index < -0.39 is 0 Å². The first-order valence-corrected chi connectivity index (χ1v) is 7.62. The van der Waals surface area contributed by atoms with Crippen molar-refractivity contribution in [1.82, 2.24) is 9.55 Å². The molecule has 124 valence electrons. The fourth-order valence-electron chi connectivity index (χ4n) is 2.52. The minimum atomic E-state index is 0. The molecule has 5 heteroatoms. The normalized spacial score (nSPS) is 11.0. The van der Waals surface area contributed by atoms with Crippen LogP contribution in [0.5, 0.6) is 5.88 Å². The van der Waals surface area contributed by atoms with E-state index in [1.165, 1.54) is 16.6 Å². The van der Waals surface area contributed by atoms with E-state index in [-0.39, 0.29) is 12.4 Å². The van der Waals surface area contributed by atoms with Gasteiger partial charge in [-0.05, 0) is 37.8 Å². The summed E-state index contributed by atoms with van der Waals surface area (Å²) in [7, 11) is 1.73. The predicted octanol–water partition coefficient (Wildman–Crippen LogP) is 4.15. The molecule has 22 heavy (non-hydrogen) atoms. The highest BCUT2D eigenvalue weighted by Crippen LogP contribution is 2.30. The molecule has 0 fully saturated rings. The minimum absolute atomic E-state index is 0. The molecule has 0 unspecified atom stereocenters. The van der Waals surface area contributed by atoms with Crippen molar-refractivity contribution in [3.8, 4) is 5.88 Å². The molecule has 0 aliphatic carbocycles. The van der Waals surface area contributed by atoms with E-state index in [9.17, 15) is 0 Å². The Morgan fingerprint density at radius 3 is 2.59 bits per heavy atom. The maximum absolute atomic E-state index is 5.95. The lowest BCUT2D eigenvalue weighted by molar-refractivity contribution is 0.187. The maximum Gasteiger partial charge on any atom is 0.238 e. The Morgan fingerprint density at radius 1 is 1.23 bits per heavy atom. The van der Waals surface area contributed by atoms with Gasteiger partial charge in [0, 0.05) is 30.9 Å². The van der Waals surface area contributed by atoms with Crippen molar-refractivity contribution in [1.29, 1.82) is 0 Å². The highest BCUT2D eigenvalue weighted by molar-refractivity contribution is 5.88. The largest absolute Gasteiger partial charge is 0.476 e. The van der Waals surface area contributed by atoms with Gasteiger partial charge in [0.05, 0.1) is 13.2 Å². The number of hydrogen-bond acceptors (Lipinski definition) is 3. The van der Waals surface area contributed by atoms with Crippen LogP contribution in [0.15, 0.2) is 12.3 Å². The van der Waals surface area contributed by atoms with Gasteiger partial charge in [-0.2, -0.15) is 0 Å². The summed E-state index contributed by atoms with van der Waals surface area (Å²) in [6.07, 6.45) is 2.87. The first-order valence-electron chi connectivity index (χ1n) is 7.62. The van der Waals surface area contributed by atoms with Gasteiger partial charge in [0.1, 0.15) is 5.52 Å². The van der Waals surface area contributed by atoms with Crippen LogP contribution in [-0.4, -0.2) is 29.9 Å². The lowest BCUT2D eigenvalue weighted by atomic mass is 10.1. The van der Waals surface area contributed by atoms with Gasteiger partial charge in [-0.15, -0.1) is 12.4 Å². The Labute approximate surface area is 139 Å². The maximum atomic E-state index is 5.95. The third-order valence-corrected chi connectivity index (χ3v) is 3.97. The fourth-order valence-corrected chi connectivity index (χ4v) is 2.52. The van der Waals surface area contributed by atoms with Crippen molar-refractivity contribution >= 4 is 23.3 Å². The average Bonchev–Trinajstić information content (AvgIpc) is 2.70. The van der Waals surface area contributed by atoms with Crippen molar-refractivity contribution in [2.45, 2.75) is 40.7 Å². The van der Waals surface area contributed by atoms with Crippen molar-refractivity contribution in [2.24, 2.45) is 5.92 Å². The first kappa shape index (κ1) is 18.8. The Hall–Kier alpha value is -1.26. The molecule has 2 rings (SSSR count). The number of nitrogens with zero attached hydrogens (tertiary/aromatic N) is 2. The van der Waals surface area contributed by atoms with Gasteiger partial charge in [0.25, 0.3) is 0 Å². The topological polar surface area (TPSA) is 36.3 Å². The van der Waals surface area contributed by atoms with E-state index in [2.05, 4.69) is 43.3 Å². The van der Waals surface area contributed by atoms with Crippen LogP contribution >= 0.6 is 12.4 Å². The average molecular weight is 327 g/mol. The molecule has 0 bridgehead atoms. The van der Waals surface area contributed by atoms with Crippen LogP contribution in [0.4, 0.5) is 0 Å². The Bertz CT molecular complexity index is 608. The summed E-state index contributed by atoms with van der Waals surface area (Å²) in [5.41, 5.74) is 3.63. The number of pyridine rings is 1. The zero-order chi connectivity index (χ0) is 15.4. The molecule has 0 amide bonds. The van der Waals surface area contributed by atoms with E-state index in [1.807, 2.05) is 6.20 Å². The molecule has 0 spiro atoms. The molecule has 2 aromatic rings. The van der Waals surface area contributed by atoms with Crippen LogP contribution in [0.25, 0.3) is 10.9 Å². The Balaban J connectivity index is 0.00000242. The zero-order valence-corrected chi connectivity index (χ0v) is 15.0. The highest BCUT2D eigenvalue weighted by atomic mass is 35.5. The second kappa shape index (κ2) is 8.39. The number of rotatable bonds is 7. The van der Waals surface area contributed by atoms with Gasteiger partial charge in [0.2, 0.25) is 5.88 Å². The standard InChI is InChI=1S/C17H26N2O2.ClH/c1-12(2)7-10-21-17-16-15(6-8-18-17)13(3)14(4)19(16)9-11-20-5;/h6,8,12H,7,9-11H2,1-5H3;1H. The fraction of sp³-hybridized carbons (Fsp3) is 0.588. The third kappa shape index (κ3) is 3.93. The molecule has 0 atom stereocenters. The number of ether oxygens (including phenoxy) is 2. The molecule has 2 aromatic heterocycles. The van der Waals surface area contributed by atoms with Gasteiger partial charge in [0.15, 0.2) is 0 Å². The molecule has 2 heterocycles. The van der Waals surface area contributed by atoms with Gasteiger partial charge >= 0.3 is 0 Å². The van der Waals surface area contributed by atoms with Crippen LogP contribution in [0.3, 0.4) is 0 Å². The monoisotopic (exact) mass is 326 g/mol. The van der Waals surface area contributed by atoms with E-state index in [4.69, 9.17) is 9.47 Å². The SMILES string of the molecule is COCCn1c(C)c(C)c2ccnc(OCCC(C)C)c21.Cl. The molecule has 0 saturated carbocycles. The first-order chi connectivity index (χ1) is 10.1. The van der Waals surface area contributed by atoms with E-state index in [0.717, 1.165) is 24.4 Å². The number of aromatic nitrogens is 2. The number of fused-ring (bicyclic) bond motifs is 1. The molecular weight excluding hydrogens is 300 g/mol. The highest BCUT2D eigenvalue weighted by Gasteiger charge is 2.16. The molecule has 0 aliphatic heterocycles. The number of hydrogen-bond donors (Lipinski definition) is 0. The van der Waals surface area contributed by atoms with Crippen molar-refractivity contribution in [3.63, 3.8) is 0 Å². The molecule has 0 N–H and O–H groups in total. The summed E-state index contributed by atoms with van der Waals surface area (Å²) in [5.74, 6) is 1.37. The number of methoxy groups -OCH3 is 1.